The van der Waals surface area contributed by atoms with Crippen LogP contribution in [0.3, 0.4) is 0 Å². The van der Waals surface area contributed by atoms with Crippen molar-refractivity contribution in [2.45, 2.75) is 88.5 Å². The highest BCUT2D eigenvalue weighted by Gasteiger charge is 2.31. The average molecular weight is 631 g/mol. The van der Waals surface area contributed by atoms with Gasteiger partial charge in [0.15, 0.2) is 11.4 Å². The van der Waals surface area contributed by atoms with Gasteiger partial charge in [0.1, 0.15) is 0 Å². The van der Waals surface area contributed by atoms with Gasteiger partial charge in [-0.25, -0.2) is 9.98 Å². The summed E-state index contributed by atoms with van der Waals surface area (Å²) in [5.41, 5.74) is 20.9. The number of aromatic nitrogens is 2. The number of rotatable bonds is 6. The van der Waals surface area contributed by atoms with Crippen LogP contribution in [0.4, 0.5) is 0 Å². The molecule has 0 spiro atoms. The number of hydrogen-bond donors (Lipinski definition) is 4. The zero-order valence-electron chi connectivity index (χ0n) is 24.0. The summed E-state index contributed by atoms with van der Waals surface area (Å²) >= 11 is 0. The Bertz CT molecular complexity index is 1290. The van der Waals surface area contributed by atoms with Gasteiger partial charge in [-0.15, -0.1) is 0 Å². The summed E-state index contributed by atoms with van der Waals surface area (Å²) in [6, 6.07) is 0. The van der Waals surface area contributed by atoms with Gasteiger partial charge in [-0.05, 0) is 76.6 Å². The van der Waals surface area contributed by atoms with Gasteiger partial charge in [0.25, 0.3) is 0 Å². The molecule has 0 atom stereocenters. The van der Waals surface area contributed by atoms with E-state index in [2.05, 4.69) is 101 Å². The molecule has 0 radical (unpaired) electrons. The summed E-state index contributed by atoms with van der Waals surface area (Å²) in [5, 5.41) is 0. The van der Waals surface area contributed by atoms with Crippen molar-refractivity contribution in [1.82, 2.24) is 9.97 Å². The number of halogens is 2. The molecule has 4 heterocycles. The lowest BCUT2D eigenvalue weighted by Crippen LogP contribution is -3.00. The van der Waals surface area contributed by atoms with Crippen molar-refractivity contribution in [1.29, 1.82) is 0 Å². The standard InChI is InChI=1S/C31H40N4.2BrH/c1-11-24-16(3)28(32-20(24)7)14-30-18(5)26(22(9)34-30)13-27-19(6)31(35-23(27)10)15-29-17(4)25(12-2)21(8)33-29;;/h14-15,32-33H,11-13H2,1-10H3;2*1H/b30-14-,31-15-;;. The molecule has 6 heteroatoms. The Hall–Kier alpha value is -2.18. The maximum atomic E-state index is 3.67. The number of H-pyrrole nitrogens is 2. The summed E-state index contributed by atoms with van der Waals surface area (Å²) < 4.78 is 0. The largest absolute Gasteiger partial charge is 1.00 e. The van der Waals surface area contributed by atoms with Gasteiger partial charge in [0.2, 0.25) is 11.4 Å². The molecule has 0 bridgehead atoms. The van der Waals surface area contributed by atoms with E-state index in [9.17, 15) is 0 Å². The van der Waals surface area contributed by atoms with E-state index in [1.165, 1.54) is 90.1 Å². The van der Waals surface area contributed by atoms with Crippen molar-refractivity contribution in [2.75, 3.05) is 0 Å². The van der Waals surface area contributed by atoms with Crippen molar-refractivity contribution in [3.63, 3.8) is 0 Å². The summed E-state index contributed by atoms with van der Waals surface area (Å²) in [4.78, 5) is 14.5. The van der Waals surface area contributed by atoms with Crippen molar-refractivity contribution < 1.29 is 43.9 Å². The number of aryl methyl sites for hydroxylation is 2. The Labute approximate surface area is 243 Å². The van der Waals surface area contributed by atoms with Crippen molar-refractivity contribution in [3.05, 3.63) is 78.7 Å². The van der Waals surface area contributed by atoms with E-state index in [1.807, 2.05) is 0 Å². The third-order valence-electron chi connectivity index (χ3n) is 8.16. The first-order valence-electron chi connectivity index (χ1n) is 13.0. The fraction of sp³-hybridized carbons (Fsp3) is 0.419. The molecule has 0 aliphatic carbocycles. The van der Waals surface area contributed by atoms with Crippen LogP contribution in [0.15, 0.2) is 33.7 Å². The molecule has 2 aliphatic heterocycles. The van der Waals surface area contributed by atoms with E-state index < -0.39 is 0 Å². The molecule has 0 unspecified atom stereocenters. The molecular weight excluding hydrogens is 588 g/mol. The quantitative estimate of drug-likeness (QED) is 0.292. The Balaban J connectivity index is 0.00000241. The van der Waals surface area contributed by atoms with Crippen LogP contribution in [0, 0.1) is 27.7 Å². The maximum absolute atomic E-state index is 3.67. The van der Waals surface area contributed by atoms with Crippen LogP contribution in [0.5, 0.6) is 0 Å². The predicted molar refractivity (Wildman–Crippen MR) is 149 cm³/mol. The lowest BCUT2D eigenvalue weighted by atomic mass is 9.93. The molecule has 4 rings (SSSR count). The van der Waals surface area contributed by atoms with Crippen LogP contribution in [-0.4, -0.2) is 21.4 Å². The lowest BCUT2D eigenvalue weighted by Gasteiger charge is -2.03. The molecule has 0 aromatic carbocycles. The first kappa shape index (κ1) is 31.0. The first-order chi connectivity index (χ1) is 16.6. The highest BCUT2D eigenvalue weighted by Crippen LogP contribution is 2.29. The lowest BCUT2D eigenvalue weighted by molar-refractivity contribution is -0.387. The molecule has 2 aromatic rings. The fourth-order valence-electron chi connectivity index (χ4n) is 5.89. The summed E-state index contributed by atoms with van der Waals surface area (Å²) in [5.74, 6) is 0. The molecule has 4 nitrogen and oxygen atoms in total. The predicted octanol–water partition coefficient (Wildman–Crippen LogP) is -1.78. The summed E-state index contributed by atoms with van der Waals surface area (Å²) in [6.07, 6.45) is 7.61. The van der Waals surface area contributed by atoms with E-state index in [0.29, 0.717) is 0 Å². The van der Waals surface area contributed by atoms with Gasteiger partial charge < -0.3 is 43.9 Å². The van der Waals surface area contributed by atoms with Crippen LogP contribution in [0.1, 0.15) is 93.0 Å². The number of hydrogen-bond acceptors (Lipinski definition) is 0. The van der Waals surface area contributed by atoms with Gasteiger partial charge in [-0.3, -0.25) is 0 Å². The van der Waals surface area contributed by atoms with E-state index in [4.69, 9.17) is 0 Å². The minimum absolute atomic E-state index is 0. The van der Waals surface area contributed by atoms with Crippen molar-refractivity contribution >= 4 is 23.6 Å². The summed E-state index contributed by atoms with van der Waals surface area (Å²) in [6.45, 7) is 22.1. The van der Waals surface area contributed by atoms with Crippen molar-refractivity contribution in [2.24, 2.45) is 0 Å². The van der Waals surface area contributed by atoms with E-state index in [0.717, 1.165) is 19.3 Å². The van der Waals surface area contributed by atoms with Gasteiger partial charge in [0.05, 0.1) is 0 Å². The smallest absolute Gasteiger partial charge is 0.209 e. The third-order valence-corrected chi connectivity index (χ3v) is 8.16. The van der Waals surface area contributed by atoms with Crippen LogP contribution in [0.2, 0.25) is 0 Å². The SMILES string of the molecule is CCc1c(C)[nH]c(/C=C2\[NH+]=C(C)C(CC3=C(C)/C(=C/c4[nH]c(C)c(CC)c4C)[NH+]=C3C)=C2C)c1C.[Br-].[Br-]. The van der Waals surface area contributed by atoms with E-state index in [-0.39, 0.29) is 34.0 Å². The van der Waals surface area contributed by atoms with Crippen molar-refractivity contribution in [3.8, 4) is 0 Å². The minimum Gasteiger partial charge on any atom is -1.00 e. The molecule has 37 heavy (non-hydrogen) atoms. The zero-order valence-corrected chi connectivity index (χ0v) is 27.2. The van der Waals surface area contributed by atoms with Crippen LogP contribution in [0.25, 0.3) is 12.2 Å². The van der Waals surface area contributed by atoms with Crippen LogP contribution >= 0.6 is 0 Å². The molecule has 0 saturated carbocycles. The molecule has 0 amide bonds. The van der Waals surface area contributed by atoms with E-state index in [1.54, 1.807) is 0 Å². The van der Waals surface area contributed by atoms with Crippen LogP contribution in [-0.2, 0) is 12.8 Å². The normalized spacial score (nSPS) is 17.6. The first-order valence-corrected chi connectivity index (χ1v) is 13.0. The molecule has 0 saturated heterocycles. The van der Waals surface area contributed by atoms with Gasteiger partial charge >= 0.3 is 0 Å². The third kappa shape index (κ3) is 5.65. The second-order valence-electron chi connectivity index (χ2n) is 10.2. The minimum atomic E-state index is 0. The molecule has 0 fully saturated rings. The highest BCUT2D eigenvalue weighted by molar-refractivity contribution is 6.03. The fourth-order valence-corrected chi connectivity index (χ4v) is 5.89. The summed E-state index contributed by atoms with van der Waals surface area (Å²) in [7, 11) is 0. The zero-order chi connectivity index (χ0) is 25.6. The average Bonchev–Trinajstić information content (AvgIpc) is 3.43. The maximum Gasteiger partial charge on any atom is 0.209 e. The Morgan fingerprint density at radius 3 is 1.24 bits per heavy atom. The van der Waals surface area contributed by atoms with Gasteiger partial charge in [-0.1, -0.05) is 13.8 Å². The Kier molecular flexibility index (Phi) is 10.2. The van der Waals surface area contributed by atoms with Gasteiger partial charge in [0, 0.05) is 77.5 Å². The monoisotopic (exact) mass is 628 g/mol. The van der Waals surface area contributed by atoms with Crippen LogP contribution < -0.4 is 43.9 Å². The Morgan fingerprint density at radius 1 is 0.595 bits per heavy atom. The second kappa shape index (κ2) is 12.1. The second-order valence-corrected chi connectivity index (χ2v) is 10.2. The topological polar surface area (TPSA) is 59.5 Å². The Morgan fingerprint density at radius 2 is 0.946 bits per heavy atom. The number of nitrogens with one attached hydrogen (secondary N) is 4. The molecule has 200 valence electrons. The molecule has 4 N–H and O–H groups in total. The number of aromatic amines is 2. The van der Waals surface area contributed by atoms with E-state index >= 15 is 0 Å². The number of allylic oxidation sites excluding steroid dienone is 4. The molecule has 2 aromatic heterocycles. The highest BCUT2D eigenvalue weighted by atomic mass is 79.9. The van der Waals surface area contributed by atoms with Gasteiger partial charge in [-0.2, -0.15) is 0 Å². The molecular formula is C31H42Br2N4. The molecule has 2 aliphatic rings.